The van der Waals surface area contributed by atoms with Crippen LogP contribution in [0.1, 0.15) is 36.7 Å². The normalized spacial score (nSPS) is 15.1. The van der Waals surface area contributed by atoms with Gasteiger partial charge in [-0.25, -0.2) is 9.79 Å². The number of nitrogens with zero attached hydrogens (tertiary/aromatic N) is 3. The first-order valence-corrected chi connectivity index (χ1v) is 14.6. The van der Waals surface area contributed by atoms with Crippen molar-refractivity contribution in [2.24, 2.45) is 4.99 Å². The molecule has 1 atom stereocenters. The van der Waals surface area contributed by atoms with Crippen molar-refractivity contribution in [3.8, 4) is 5.75 Å². The summed E-state index contributed by atoms with van der Waals surface area (Å²) in [6, 6.07) is 19.1. The Bertz CT molecular complexity index is 2110. The first-order valence-electron chi connectivity index (χ1n) is 13.8. The van der Waals surface area contributed by atoms with Gasteiger partial charge in [-0.3, -0.25) is 9.36 Å². The summed E-state index contributed by atoms with van der Waals surface area (Å²) in [5, 5.41) is 2.91. The Morgan fingerprint density at radius 3 is 2.55 bits per heavy atom. The van der Waals surface area contributed by atoms with Gasteiger partial charge in [0.05, 0.1) is 29.5 Å². The van der Waals surface area contributed by atoms with E-state index in [1.54, 1.807) is 25.5 Å². The minimum atomic E-state index is -0.785. The topological polar surface area (TPSA) is 74.8 Å². The van der Waals surface area contributed by atoms with E-state index >= 15 is 0 Å². The number of fused-ring (bicyclic) bond motifs is 3. The molecule has 1 aliphatic heterocycles. The third-order valence-electron chi connectivity index (χ3n) is 7.81. The zero-order chi connectivity index (χ0) is 29.5. The molecule has 0 N–H and O–H groups in total. The summed E-state index contributed by atoms with van der Waals surface area (Å²) in [5.74, 6) is 0.0736. The van der Waals surface area contributed by atoms with E-state index in [0.29, 0.717) is 32.9 Å². The van der Waals surface area contributed by atoms with E-state index in [1.807, 2.05) is 60.7 Å². The molecular weight excluding hydrogens is 546 g/mol. The number of thiazole rings is 1. The molecule has 6 rings (SSSR count). The average molecular weight is 578 g/mol. The van der Waals surface area contributed by atoms with E-state index in [9.17, 15) is 9.59 Å². The molecule has 0 saturated heterocycles. The highest BCUT2D eigenvalue weighted by Crippen LogP contribution is 2.40. The minimum absolute atomic E-state index is 0.202. The molecule has 0 saturated carbocycles. The van der Waals surface area contributed by atoms with Gasteiger partial charge < -0.3 is 14.0 Å². The Hall–Kier alpha value is -4.69. The van der Waals surface area contributed by atoms with E-state index in [2.05, 4.69) is 30.2 Å². The number of methoxy groups -OCH3 is 1. The third-order valence-corrected chi connectivity index (χ3v) is 8.79. The Labute approximate surface area is 247 Å². The highest BCUT2D eigenvalue weighted by molar-refractivity contribution is 7.07. The van der Waals surface area contributed by atoms with Crippen LogP contribution < -0.4 is 19.6 Å². The lowest BCUT2D eigenvalue weighted by Crippen LogP contribution is -2.40. The number of hydrogen-bond acceptors (Lipinski definition) is 6. The molecule has 0 aliphatic carbocycles. The van der Waals surface area contributed by atoms with Gasteiger partial charge in [0.15, 0.2) is 4.80 Å². The summed E-state index contributed by atoms with van der Waals surface area (Å²) in [7, 11) is 1.60. The molecule has 2 aromatic heterocycles. The monoisotopic (exact) mass is 577 g/mol. The first-order chi connectivity index (χ1) is 20.4. The van der Waals surface area contributed by atoms with Crippen molar-refractivity contribution in [3.05, 3.63) is 121 Å². The van der Waals surface area contributed by atoms with Crippen molar-refractivity contribution in [3.63, 3.8) is 0 Å². The van der Waals surface area contributed by atoms with E-state index in [-0.39, 0.29) is 12.2 Å². The van der Waals surface area contributed by atoms with Crippen LogP contribution in [0, 0.1) is 6.92 Å². The maximum absolute atomic E-state index is 14.4. The summed E-state index contributed by atoms with van der Waals surface area (Å²) < 4.78 is 15.7. The maximum Gasteiger partial charge on any atom is 0.338 e. The SMILES string of the molecule is C=CCn1c(C)c(/C=c2/sc3n(c2=O)C(c2c(OC)ccc4ccccc24)C(C(=O)OCC)=C(C)N=3)c2ccccc21. The van der Waals surface area contributed by atoms with Gasteiger partial charge in [0.1, 0.15) is 11.8 Å². The molecule has 3 heterocycles. The summed E-state index contributed by atoms with van der Waals surface area (Å²) in [6.07, 6.45) is 3.82. The third kappa shape index (κ3) is 4.30. The molecule has 0 bridgehead atoms. The number of para-hydroxylation sites is 1. The van der Waals surface area contributed by atoms with Gasteiger partial charge in [0.25, 0.3) is 5.56 Å². The van der Waals surface area contributed by atoms with Gasteiger partial charge in [-0.15, -0.1) is 6.58 Å². The fourth-order valence-corrected chi connectivity index (χ4v) is 6.96. The fraction of sp³-hybridized carbons (Fsp3) is 0.206. The molecule has 5 aromatic rings. The van der Waals surface area contributed by atoms with Gasteiger partial charge in [0.2, 0.25) is 0 Å². The standard InChI is InChI=1S/C34H31N3O4S/c1-6-18-36-21(4)25(24-14-10-11-15-26(24)36)19-28-32(38)37-31(29(33(39)41-7-2)20(3)35-34(37)42-28)30-23-13-9-8-12-22(23)16-17-27(30)40-5/h6,8-17,19,31H,1,7,18H2,2-5H3/b28-19+. The molecule has 1 unspecified atom stereocenters. The van der Waals surface area contributed by atoms with Crippen molar-refractivity contribution in [1.29, 1.82) is 0 Å². The van der Waals surface area contributed by atoms with Gasteiger partial charge >= 0.3 is 5.97 Å². The highest BCUT2D eigenvalue weighted by Gasteiger charge is 2.36. The minimum Gasteiger partial charge on any atom is -0.496 e. The molecule has 0 radical (unpaired) electrons. The average Bonchev–Trinajstić information content (AvgIpc) is 3.44. The van der Waals surface area contributed by atoms with Crippen LogP contribution in [0.3, 0.4) is 0 Å². The van der Waals surface area contributed by atoms with E-state index in [0.717, 1.165) is 38.5 Å². The Morgan fingerprint density at radius 1 is 1.07 bits per heavy atom. The van der Waals surface area contributed by atoms with Crippen LogP contribution in [-0.4, -0.2) is 28.8 Å². The Balaban J connectivity index is 1.68. The number of ether oxygens (including phenoxy) is 2. The molecular formula is C34H31N3O4S. The number of carbonyl (C=O) groups excluding carboxylic acids is 1. The van der Waals surface area contributed by atoms with Crippen LogP contribution in [0.5, 0.6) is 5.75 Å². The summed E-state index contributed by atoms with van der Waals surface area (Å²) >= 11 is 1.32. The number of rotatable bonds is 7. The molecule has 8 heteroatoms. The van der Waals surface area contributed by atoms with Crippen molar-refractivity contribution in [2.45, 2.75) is 33.4 Å². The molecule has 3 aromatic carbocycles. The van der Waals surface area contributed by atoms with E-state index in [1.165, 1.54) is 11.3 Å². The van der Waals surface area contributed by atoms with Crippen molar-refractivity contribution in [1.82, 2.24) is 9.13 Å². The van der Waals surface area contributed by atoms with Crippen LogP contribution in [0.15, 0.2) is 94.4 Å². The predicted octanol–water partition coefficient (Wildman–Crippen LogP) is 5.41. The van der Waals surface area contributed by atoms with Gasteiger partial charge in [-0.05, 0) is 49.8 Å². The number of aromatic nitrogens is 2. The Kier molecular flexibility index (Phi) is 7.16. The summed E-state index contributed by atoms with van der Waals surface area (Å²) in [4.78, 5) is 33.2. The smallest absolute Gasteiger partial charge is 0.338 e. The largest absolute Gasteiger partial charge is 0.496 e. The predicted molar refractivity (Wildman–Crippen MR) is 168 cm³/mol. The second-order valence-electron chi connectivity index (χ2n) is 10.1. The van der Waals surface area contributed by atoms with E-state index < -0.39 is 12.0 Å². The molecule has 1 aliphatic rings. The number of benzene rings is 3. The quantitative estimate of drug-likeness (QED) is 0.192. The lowest BCUT2D eigenvalue weighted by atomic mass is 9.90. The van der Waals surface area contributed by atoms with Gasteiger partial charge in [0, 0.05) is 34.3 Å². The lowest BCUT2D eigenvalue weighted by Gasteiger charge is -2.27. The number of allylic oxidation sites excluding steroid dienone is 2. The zero-order valence-corrected chi connectivity index (χ0v) is 24.8. The van der Waals surface area contributed by atoms with Gasteiger partial charge in [-0.2, -0.15) is 0 Å². The maximum atomic E-state index is 14.4. The summed E-state index contributed by atoms with van der Waals surface area (Å²) in [5.41, 5.74) is 4.42. The van der Waals surface area contributed by atoms with Gasteiger partial charge in [-0.1, -0.05) is 65.9 Å². The highest BCUT2D eigenvalue weighted by atomic mass is 32.1. The molecule has 7 nitrogen and oxygen atoms in total. The first kappa shape index (κ1) is 27.5. The molecule has 0 fully saturated rings. The molecule has 212 valence electrons. The number of hydrogen-bond donors (Lipinski definition) is 0. The van der Waals surface area contributed by atoms with Crippen LogP contribution in [0.2, 0.25) is 0 Å². The van der Waals surface area contributed by atoms with Crippen LogP contribution in [-0.2, 0) is 16.1 Å². The van der Waals surface area contributed by atoms with Crippen molar-refractivity contribution in [2.75, 3.05) is 13.7 Å². The zero-order valence-electron chi connectivity index (χ0n) is 24.0. The van der Waals surface area contributed by atoms with E-state index in [4.69, 9.17) is 14.5 Å². The molecule has 42 heavy (non-hydrogen) atoms. The molecule has 0 spiro atoms. The second-order valence-corrected chi connectivity index (χ2v) is 11.1. The van der Waals surface area contributed by atoms with Crippen molar-refractivity contribution >= 4 is 45.1 Å². The van der Waals surface area contributed by atoms with Crippen LogP contribution >= 0.6 is 11.3 Å². The van der Waals surface area contributed by atoms with Crippen LogP contribution in [0.4, 0.5) is 0 Å². The lowest BCUT2D eigenvalue weighted by molar-refractivity contribution is -0.139. The van der Waals surface area contributed by atoms with Crippen LogP contribution in [0.25, 0.3) is 27.8 Å². The number of carbonyl (C=O) groups is 1. The Morgan fingerprint density at radius 2 is 1.81 bits per heavy atom. The van der Waals surface area contributed by atoms with Crippen molar-refractivity contribution < 1.29 is 14.3 Å². The molecule has 0 amide bonds. The fourth-order valence-electron chi connectivity index (χ4n) is 5.94. The second kappa shape index (κ2) is 10.9. The summed E-state index contributed by atoms with van der Waals surface area (Å²) in [6.45, 7) is 10.4. The number of esters is 1.